The van der Waals surface area contributed by atoms with Crippen LogP contribution in [0.15, 0.2) is 48.5 Å². The molecule has 0 aliphatic carbocycles. The number of carbonyl (C=O) groups is 1. The first-order chi connectivity index (χ1) is 9.20. The van der Waals surface area contributed by atoms with Crippen molar-refractivity contribution in [2.24, 2.45) is 0 Å². The van der Waals surface area contributed by atoms with E-state index in [0.717, 1.165) is 0 Å². The Labute approximate surface area is 116 Å². The quantitative estimate of drug-likeness (QED) is 0.802. The molecule has 0 radical (unpaired) electrons. The molecule has 19 heavy (non-hydrogen) atoms. The summed E-state index contributed by atoms with van der Waals surface area (Å²) >= 11 is 5.80. The third-order valence-electron chi connectivity index (χ3n) is 2.56. The molecule has 0 saturated carbocycles. The molecule has 0 saturated heterocycles. The highest BCUT2D eigenvalue weighted by atomic mass is 35.5. The topological polar surface area (TPSA) is 50.1 Å². The van der Waals surface area contributed by atoms with E-state index in [2.05, 4.69) is 6.07 Å². The molecule has 2 rings (SSSR count). The van der Waals surface area contributed by atoms with Crippen LogP contribution in [0.2, 0.25) is 5.02 Å². The van der Waals surface area contributed by atoms with E-state index in [0.29, 0.717) is 21.7 Å². The Morgan fingerprint density at radius 1 is 1.21 bits per heavy atom. The van der Waals surface area contributed by atoms with Crippen molar-refractivity contribution in [1.29, 1.82) is 5.26 Å². The van der Waals surface area contributed by atoms with Crippen LogP contribution in [0.5, 0.6) is 0 Å². The first-order valence-corrected chi connectivity index (χ1v) is 5.99. The van der Waals surface area contributed by atoms with E-state index in [4.69, 9.17) is 21.6 Å². The van der Waals surface area contributed by atoms with Crippen LogP contribution < -0.4 is 0 Å². The van der Waals surface area contributed by atoms with Crippen molar-refractivity contribution < 1.29 is 9.53 Å². The predicted octanol–water partition coefficient (Wildman–Crippen LogP) is 3.57. The maximum Gasteiger partial charge on any atom is 0.338 e. The van der Waals surface area contributed by atoms with Gasteiger partial charge in [-0.05, 0) is 24.3 Å². The van der Waals surface area contributed by atoms with E-state index in [1.807, 2.05) is 0 Å². The minimum absolute atomic E-state index is 0.0646. The monoisotopic (exact) mass is 271 g/mol. The average molecular weight is 272 g/mol. The van der Waals surface area contributed by atoms with E-state index in [1.54, 1.807) is 48.5 Å². The normalized spacial score (nSPS) is 9.68. The molecule has 0 heterocycles. The summed E-state index contributed by atoms with van der Waals surface area (Å²) < 4.78 is 5.16. The fourth-order valence-corrected chi connectivity index (χ4v) is 1.79. The zero-order valence-electron chi connectivity index (χ0n) is 9.97. The summed E-state index contributed by atoms with van der Waals surface area (Å²) in [5, 5.41) is 9.41. The highest BCUT2D eigenvalue weighted by Gasteiger charge is 2.09. The molecule has 0 fully saturated rings. The van der Waals surface area contributed by atoms with Crippen molar-refractivity contribution in [1.82, 2.24) is 0 Å². The van der Waals surface area contributed by atoms with Crippen molar-refractivity contribution in [2.75, 3.05) is 0 Å². The summed E-state index contributed by atoms with van der Waals surface area (Å²) in [7, 11) is 0. The van der Waals surface area contributed by atoms with Gasteiger partial charge in [-0.2, -0.15) is 5.26 Å². The molecule has 0 N–H and O–H groups in total. The second-order valence-corrected chi connectivity index (χ2v) is 4.29. The van der Waals surface area contributed by atoms with Gasteiger partial charge in [-0.15, -0.1) is 0 Å². The summed E-state index contributed by atoms with van der Waals surface area (Å²) in [6.45, 7) is 0.0646. The van der Waals surface area contributed by atoms with Crippen molar-refractivity contribution in [2.45, 2.75) is 6.61 Å². The lowest BCUT2D eigenvalue weighted by atomic mass is 10.1. The van der Waals surface area contributed by atoms with Gasteiger partial charge in [-0.1, -0.05) is 35.9 Å². The van der Waals surface area contributed by atoms with E-state index >= 15 is 0 Å². The van der Waals surface area contributed by atoms with Crippen molar-refractivity contribution in [3.8, 4) is 6.07 Å². The lowest BCUT2D eigenvalue weighted by Gasteiger charge is -2.06. The fraction of sp³-hybridized carbons (Fsp3) is 0.0667. The Morgan fingerprint density at radius 3 is 2.74 bits per heavy atom. The maximum atomic E-state index is 11.8. The third kappa shape index (κ3) is 3.34. The second-order valence-electron chi connectivity index (χ2n) is 3.86. The van der Waals surface area contributed by atoms with Crippen LogP contribution >= 0.6 is 11.6 Å². The lowest BCUT2D eigenvalue weighted by molar-refractivity contribution is 0.0472. The van der Waals surface area contributed by atoms with Crippen LogP contribution in [0.1, 0.15) is 21.5 Å². The maximum absolute atomic E-state index is 11.8. The summed E-state index contributed by atoms with van der Waals surface area (Å²) in [6.07, 6.45) is 0. The van der Waals surface area contributed by atoms with Gasteiger partial charge in [0.1, 0.15) is 6.61 Å². The molecule has 0 atom stereocenters. The number of nitrogens with zero attached hydrogens (tertiary/aromatic N) is 1. The molecule has 0 aromatic heterocycles. The van der Waals surface area contributed by atoms with Gasteiger partial charge in [0.15, 0.2) is 0 Å². The van der Waals surface area contributed by atoms with Crippen LogP contribution in [0.3, 0.4) is 0 Å². The highest BCUT2D eigenvalue weighted by Crippen LogP contribution is 2.14. The molecule has 3 nitrogen and oxygen atoms in total. The zero-order valence-corrected chi connectivity index (χ0v) is 10.7. The largest absolute Gasteiger partial charge is 0.457 e. The predicted molar refractivity (Wildman–Crippen MR) is 71.7 cm³/mol. The number of nitriles is 1. The van der Waals surface area contributed by atoms with E-state index in [-0.39, 0.29) is 6.61 Å². The number of halogens is 1. The van der Waals surface area contributed by atoms with Crippen LogP contribution in [0.25, 0.3) is 0 Å². The van der Waals surface area contributed by atoms with Crippen molar-refractivity contribution >= 4 is 17.6 Å². The first kappa shape index (κ1) is 13.1. The summed E-state index contributed by atoms with van der Waals surface area (Å²) in [6, 6.07) is 15.6. The van der Waals surface area contributed by atoms with Gasteiger partial charge in [0, 0.05) is 10.6 Å². The van der Waals surface area contributed by atoms with Gasteiger partial charge >= 0.3 is 5.97 Å². The molecule has 0 amide bonds. The standard InChI is InChI=1S/C15H10ClNO2/c16-14-7-3-6-11(8-14)15(18)19-10-13-5-2-1-4-12(13)9-17/h1-8H,10H2. The van der Waals surface area contributed by atoms with Gasteiger partial charge in [0.25, 0.3) is 0 Å². The first-order valence-electron chi connectivity index (χ1n) is 5.61. The minimum atomic E-state index is -0.463. The van der Waals surface area contributed by atoms with E-state index in [9.17, 15) is 4.79 Å². The Kier molecular flexibility index (Phi) is 4.17. The molecule has 2 aromatic carbocycles. The van der Waals surface area contributed by atoms with Gasteiger partial charge in [-0.3, -0.25) is 0 Å². The Morgan fingerprint density at radius 2 is 2.00 bits per heavy atom. The fourth-order valence-electron chi connectivity index (χ4n) is 1.60. The van der Waals surface area contributed by atoms with Crippen molar-refractivity contribution in [3.05, 3.63) is 70.2 Å². The summed E-state index contributed by atoms with van der Waals surface area (Å²) in [5.74, 6) is -0.463. The highest BCUT2D eigenvalue weighted by molar-refractivity contribution is 6.30. The lowest BCUT2D eigenvalue weighted by Crippen LogP contribution is -2.06. The van der Waals surface area contributed by atoms with Gasteiger partial charge in [0.2, 0.25) is 0 Å². The third-order valence-corrected chi connectivity index (χ3v) is 2.79. The average Bonchev–Trinajstić information content (AvgIpc) is 2.45. The molecule has 0 bridgehead atoms. The minimum Gasteiger partial charge on any atom is -0.457 e. The number of hydrogen-bond donors (Lipinski definition) is 0. The molecule has 2 aromatic rings. The number of benzene rings is 2. The molecule has 0 unspecified atom stereocenters. The molecule has 94 valence electrons. The van der Waals surface area contributed by atoms with Crippen LogP contribution in [0.4, 0.5) is 0 Å². The van der Waals surface area contributed by atoms with Crippen LogP contribution in [0, 0.1) is 11.3 Å². The van der Waals surface area contributed by atoms with Crippen molar-refractivity contribution in [3.63, 3.8) is 0 Å². The smallest absolute Gasteiger partial charge is 0.338 e. The van der Waals surface area contributed by atoms with Crippen LogP contribution in [-0.4, -0.2) is 5.97 Å². The van der Waals surface area contributed by atoms with Gasteiger partial charge < -0.3 is 4.74 Å². The SMILES string of the molecule is N#Cc1ccccc1COC(=O)c1cccc(Cl)c1. The Hall–Kier alpha value is -2.31. The molecule has 0 aliphatic heterocycles. The molecular weight excluding hydrogens is 262 g/mol. The Balaban J connectivity index is 2.07. The van der Waals surface area contributed by atoms with Gasteiger partial charge in [0.05, 0.1) is 17.2 Å². The van der Waals surface area contributed by atoms with Crippen LogP contribution in [-0.2, 0) is 11.3 Å². The molecule has 0 aliphatic rings. The van der Waals surface area contributed by atoms with E-state index < -0.39 is 5.97 Å². The number of esters is 1. The number of ether oxygens (including phenoxy) is 1. The number of hydrogen-bond acceptors (Lipinski definition) is 3. The summed E-state index contributed by atoms with van der Waals surface area (Å²) in [4.78, 5) is 11.8. The molecule has 4 heteroatoms. The Bertz CT molecular complexity index is 647. The molecular formula is C15H10ClNO2. The summed E-state index contributed by atoms with van der Waals surface area (Å²) in [5.41, 5.74) is 1.57. The number of rotatable bonds is 3. The second kappa shape index (κ2) is 6.03. The van der Waals surface area contributed by atoms with E-state index in [1.165, 1.54) is 0 Å². The molecule has 0 spiro atoms. The zero-order chi connectivity index (χ0) is 13.7. The van der Waals surface area contributed by atoms with Gasteiger partial charge in [-0.25, -0.2) is 4.79 Å². The number of carbonyl (C=O) groups excluding carboxylic acids is 1.